The van der Waals surface area contributed by atoms with Gasteiger partial charge in [-0.2, -0.15) is 0 Å². The van der Waals surface area contributed by atoms with Gasteiger partial charge in [0.05, 0.1) is 10.6 Å². The predicted molar refractivity (Wildman–Crippen MR) is 124 cm³/mol. The summed E-state index contributed by atoms with van der Waals surface area (Å²) in [5, 5.41) is 0. The Labute approximate surface area is 193 Å². The Balaban J connectivity index is 1.47. The molecule has 33 heavy (non-hydrogen) atoms. The van der Waals surface area contributed by atoms with Crippen molar-refractivity contribution in [3.05, 3.63) is 83.9 Å². The second kappa shape index (κ2) is 8.78. The molecule has 0 aromatic heterocycles. The monoisotopic (exact) mass is 464 g/mol. The first-order valence-corrected chi connectivity index (χ1v) is 12.3. The molecule has 5 rings (SSSR count). The van der Waals surface area contributed by atoms with E-state index in [1.165, 1.54) is 17.7 Å². The topological polar surface area (TPSA) is 76.1 Å². The van der Waals surface area contributed by atoms with Crippen molar-refractivity contribution in [2.45, 2.75) is 17.9 Å². The molecule has 0 saturated heterocycles. The molecule has 0 aliphatic carbocycles. The summed E-state index contributed by atoms with van der Waals surface area (Å²) in [6.07, 6.45) is 0.747. The Morgan fingerprint density at radius 3 is 2.36 bits per heavy atom. The van der Waals surface area contributed by atoms with Crippen molar-refractivity contribution in [3.63, 3.8) is 0 Å². The Hall–Kier alpha value is -3.52. The van der Waals surface area contributed by atoms with Gasteiger partial charge < -0.3 is 14.4 Å². The first-order chi connectivity index (χ1) is 16.0. The van der Waals surface area contributed by atoms with Gasteiger partial charge in [0.2, 0.25) is 5.91 Å². The fourth-order valence-corrected chi connectivity index (χ4v) is 5.58. The molecule has 7 nitrogen and oxygen atoms in total. The molecule has 0 spiro atoms. The summed E-state index contributed by atoms with van der Waals surface area (Å²) in [6, 6.07) is 21.1. The van der Waals surface area contributed by atoms with Gasteiger partial charge in [0, 0.05) is 19.2 Å². The van der Waals surface area contributed by atoms with Crippen molar-refractivity contribution in [1.82, 2.24) is 4.90 Å². The molecule has 3 aromatic rings. The molecule has 2 heterocycles. The van der Waals surface area contributed by atoms with Crippen LogP contribution >= 0.6 is 0 Å². The molecule has 0 atom stereocenters. The van der Waals surface area contributed by atoms with Crippen molar-refractivity contribution in [1.29, 1.82) is 0 Å². The van der Waals surface area contributed by atoms with Gasteiger partial charge in [0.25, 0.3) is 10.0 Å². The van der Waals surface area contributed by atoms with Crippen LogP contribution in [0.3, 0.4) is 0 Å². The lowest BCUT2D eigenvalue weighted by atomic mass is 10.00. The molecule has 0 unspecified atom stereocenters. The van der Waals surface area contributed by atoms with Crippen LogP contribution in [0.4, 0.5) is 5.69 Å². The van der Waals surface area contributed by atoms with E-state index >= 15 is 0 Å². The van der Waals surface area contributed by atoms with Crippen molar-refractivity contribution in [2.75, 3.05) is 30.6 Å². The predicted octanol–water partition coefficient (Wildman–Crippen LogP) is 3.24. The molecular weight excluding hydrogens is 440 g/mol. The van der Waals surface area contributed by atoms with Gasteiger partial charge in [-0.15, -0.1) is 0 Å². The third-order valence-electron chi connectivity index (χ3n) is 5.91. The fraction of sp³-hybridized carbons (Fsp3) is 0.240. The highest BCUT2D eigenvalue weighted by Crippen LogP contribution is 2.36. The van der Waals surface area contributed by atoms with Crippen LogP contribution in [0.2, 0.25) is 0 Å². The van der Waals surface area contributed by atoms with Gasteiger partial charge in [0.1, 0.15) is 19.8 Å². The van der Waals surface area contributed by atoms with Crippen molar-refractivity contribution in [2.24, 2.45) is 0 Å². The average Bonchev–Trinajstić information content (AvgIpc) is 2.87. The molecule has 8 heteroatoms. The van der Waals surface area contributed by atoms with Crippen LogP contribution in [0.25, 0.3) is 0 Å². The SMILES string of the molecule is O=C(CN(c1ccc2c(c1)OCCO2)S(=O)(=O)c1ccccc1)N1CCc2ccccc2C1. The molecule has 0 bridgehead atoms. The van der Waals surface area contributed by atoms with E-state index < -0.39 is 10.0 Å². The van der Waals surface area contributed by atoms with Crippen LogP contribution in [0.1, 0.15) is 11.1 Å². The Bertz CT molecular complexity index is 1280. The van der Waals surface area contributed by atoms with E-state index in [9.17, 15) is 13.2 Å². The summed E-state index contributed by atoms with van der Waals surface area (Å²) in [5.74, 6) is 0.770. The lowest BCUT2D eigenvalue weighted by Crippen LogP contribution is -2.44. The van der Waals surface area contributed by atoms with Gasteiger partial charge in [0.15, 0.2) is 11.5 Å². The van der Waals surface area contributed by atoms with Crippen LogP contribution < -0.4 is 13.8 Å². The average molecular weight is 465 g/mol. The number of fused-ring (bicyclic) bond motifs is 2. The second-order valence-corrected chi connectivity index (χ2v) is 9.85. The molecule has 3 aromatic carbocycles. The van der Waals surface area contributed by atoms with Crippen molar-refractivity contribution < 1.29 is 22.7 Å². The summed E-state index contributed by atoms with van der Waals surface area (Å²) in [6.45, 7) is 1.53. The van der Waals surface area contributed by atoms with Crippen LogP contribution in [-0.4, -0.2) is 45.5 Å². The number of benzene rings is 3. The summed E-state index contributed by atoms with van der Waals surface area (Å²) in [4.78, 5) is 15.2. The number of hydrogen-bond acceptors (Lipinski definition) is 5. The molecular formula is C25H24N2O5S. The number of sulfonamides is 1. The number of rotatable bonds is 5. The lowest BCUT2D eigenvalue weighted by molar-refractivity contribution is -0.130. The van der Waals surface area contributed by atoms with Gasteiger partial charge >= 0.3 is 0 Å². The number of carbonyl (C=O) groups excluding carboxylic acids is 1. The largest absolute Gasteiger partial charge is 0.486 e. The third kappa shape index (κ3) is 4.26. The van der Waals surface area contributed by atoms with Gasteiger partial charge in [-0.05, 0) is 41.8 Å². The third-order valence-corrected chi connectivity index (χ3v) is 7.70. The summed E-state index contributed by atoms with van der Waals surface area (Å²) < 4.78 is 39.6. The van der Waals surface area contributed by atoms with Crippen LogP contribution in [0, 0.1) is 0 Å². The van der Waals surface area contributed by atoms with Crippen molar-refractivity contribution >= 4 is 21.6 Å². The molecule has 2 aliphatic heterocycles. The smallest absolute Gasteiger partial charge is 0.264 e. The normalized spacial score (nSPS) is 15.0. The van der Waals surface area contributed by atoms with Gasteiger partial charge in [-0.3, -0.25) is 9.10 Å². The van der Waals surface area contributed by atoms with Gasteiger partial charge in [-0.1, -0.05) is 42.5 Å². The maximum Gasteiger partial charge on any atom is 0.264 e. The first-order valence-electron chi connectivity index (χ1n) is 10.8. The zero-order valence-electron chi connectivity index (χ0n) is 18.0. The first kappa shape index (κ1) is 21.3. The second-order valence-electron chi connectivity index (χ2n) is 7.99. The highest BCUT2D eigenvalue weighted by molar-refractivity contribution is 7.92. The van der Waals surface area contributed by atoms with Gasteiger partial charge in [-0.25, -0.2) is 8.42 Å². The zero-order chi connectivity index (χ0) is 22.8. The Morgan fingerprint density at radius 2 is 1.58 bits per heavy atom. The Kier molecular flexibility index (Phi) is 5.68. The molecule has 0 saturated carbocycles. The number of carbonyl (C=O) groups is 1. The Morgan fingerprint density at radius 1 is 0.879 bits per heavy atom. The van der Waals surface area contributed by atoms with E-state index in [2.05, 4.69) is 6.07 Å². The van der Waals surface area contributed by atoms with Crippen molar-refractivity contribution in [3.8, 4) is 11.5 Å². The molecule has 170 valence electrons. The molecule has 0 radical (unpaired) electrons. The van der Waals surface area contributed by atoms with E-state index in [1.54, 1.807) is 41.3 Å². The quantitative estimate of drug-likeness (QED) is 0.580. The minimum absolute atomic E-state index is 0.122. The van der Waals surface area contributed by atoms with Crippen LogP contribution in [-0.2, 0) is 27.8 Å². The number of nitrogens with zero attached hydrogens (tertiary/aromatic N) is 2. The molecule has 2 aliphatic rings. The number of anilines is 1. The molecule has 0 fully saturated rings. The minimum atomic E-state index is -3.99. The van der Waals surface area contributed by atoms with E-state index in [-0.39, 0.29) is 17.3 Å². The van der Waals surface area contributed by atoms with E-state index in [0.29, 0.717) is 43.5 Å². The number of hydrogen-bond donors (Lipinski definition) is 0. The van der Waals surface area contributed by atoms with E-state index in [4.69, 9.17) is 9.47 Å². The summed E-state index contributed by atoms with van der Waals surface area (Å²) in [5.41, 5.74) is 2.67. The maximum absolute atomic E-state index is 13.6. The highest BCUT2D eigenvalue weighted by atomic mass is 32.2. The summed E-state index contributed by atoms with van der Waals surface area (Å²) >= 11 is 0. The summed E-state index contributed by atoms with van der Waals surface area (Å²) in [7, 11) is -3.99. The minimum Gasteiger partial charge on any atom is -0.486 e. The number of ether oxygens (including phenoxy) is 2. The van der Waals surface area contributed by atoms with Crippen LogP contribution in [0.15, 0.2) is 77.7 Å². The highest BCUT2D eigenvalue weighted by Gasteiger charge is 2.31. The standard InChI is InChI=1S/C25H24N2O5S/c28-25(26-13-12-19-6-4-5-7-20(19)17-26)18-27(33(29,30)22-8-2-1-3-9-22)21-10-11-23-24(16-21)32-15-14-31-23/h1-11,16H,12-15,17-18H2. The van der Waals surface area contributed by atoms with E-state index in [0.717, 1.165) is 16.3 Å². The maximum atomic E-state index is 13.6. The van der Waals surface area contributed by atoms with Crippen LogP contribution in [0.5, 0.6) is 11.5 Å². The fourth-order valence-electron chi connectivity index (χ4n) is 4.15. The van der Waals surface area contributed by atoms with E-state index in [1.807, 2.05) is 18.2 Å². The number of amides is 1. The lowest BCUT2D eigenvalue weighted by Gasteiger charge is -2.32. The molecule has 1 amide bonds. The molecule has 0 N–H and O–H groups in total. The zero-order valence-corrected chi connectivity index (χ0v) is 18.8.